The van der Waals surface area contributed by atoms with Crippen molar-refractivity contribution in [2.24, 2.45) is 0 Å². The summed E-state index contributed by atoms with van der Waals surface area (Å²) < 4.78 is 0. The van der Waals surface area contributed by atoms with Crippen LogP contribution in [0, 0.1) is 0 Å². The van der Waals surface area contributed by atoms with Gasteiger partial charge in [-0.15, -0.1) is 21.5 Å². The third-order valence-electron chi connectivity index (χ3n) is 3.10. The molecule has 0 radical (unpaired) electrons. The summed E-state index contributed by atoms with van der Waals surface area (Å²) in [5.74, 6) is 1.06. The summed E-state index contributed by atoms with van der Waals surface area (Å²) in [6.07, 6.45) is 0. The van der Waals surface area contributed by atoms with Crippen LogP contribution in [0.4, 0.5) is 0 Å². The number of thiazole rings is 1. The monoisotopic (exact) mass is 285 g/mol. The summed E-state index contributed by atoms with van der Waals surface area (Å²) in [6, 6.07) is 8.37. The second-order valence-corrected chi connectivity index (χ2v) is 5.59. The van der Waals surface area contributed by atoms with E-state index in [9.17, 15) is 0 Å². The van der Waals surface area contributed by atoms with Crippen LogP contribution in [-0.2, 0) is 6.54 Å². The second kappa shape index (κ2) is 5.50. The van der Waals surface area contributed by atoms with Crippen LogP contribution in [0.2, 0.25) is 0 Å². The van der Waals surface area contributed by atoms with Crippen molar-refractivity contribution in [3.05, 3.63) is 46.3 Å². The normalized spacial score (nSPS) is 11.2. The molecular weight excluding hydrogens is 270 g/mol. The van der Waals surface area contributed by atoms with Crippen molar-refractivity contribution in [2.45, 2.75) is 26.3 Å². The molecule has 0 spiro atoms. The Kier molecular flexibility index (Phi) is 3.56. The summed E-state index contributed by atoms with van der Waals surface area (Å²) in [7, 11) is 0. The highest BCUT2D eigenvalue weighted by atomic mass is 32.1. The maximum atomic E-state index is 4.39. The van der Waals surface area contributed by atoms with Gasteiger partial charge in [-0.3, -0.25) is 0 Å². The van der Waals surface area contributed by atoms with E-state index in [1.807, 2.05) is 11.4 Å². The number of nitrogens with zero attached hydrogens (tertiary/aromatic N) is 5. The first kappa shape index (κ1) is 12.9. The molecule has 0 amide bonds. The lowest BCUT2D eigenvalue weighted by atomic mass is 9.97. The second-order valence-electron chi connectivity index (χ2n) is 4.87. The number of hydrogen-bond acceptors (Lipinski definition) is 5. The first-order valence-corrected chi connectivity index (χ1v) is 7.42. The minimum Gasteiger partial charge on any atom is -0.241 e. The van der Waals surface area contributed by atoms with Gasteiger partial charge in [-0.1, -0.05) is 38.1 Å². The number of tetrazole rings is 1. The average molecular weight is 285 g/mol. The molecule has 0 unspecified atom stereocenters. The van der Waals surface area contributed by atoms with Crippen LogP contribution in [0.3, 0.4) is 0 Å². The quantitative estimate of drug-likeness (QED) is 0.739. The minimum absolute atomic E-state index is 0.479. The van der Waals surface area contributed by atoms with Crippen LogP contribution in [0.15, 0.2) is 35.2 Å². The van der Waals surface area contributed by atoms with Gasteiger partial charge in [0.25, 0.3) is 0 Å². The van der Waals surface area contributed by atoms with Gasteiger partial charge >= 0.3 is 0 Å². The summed E-state index contributed by atoms with van der Waals surface area (Å²) in [6.45, 7) is 5.01. The van der Waals surface area contributed by atoms with Gasteiger partial charge in [0.05, 0.1) is 12.1 Å². The molecule has 0 atom stereocenters. The van der Waals surface area contributed by atoms with Crippen molar-refractivity contribution in [2.75, 3.05) is 0 Å². The van der Waals surface area contributed by atoms with E-state index in [1.54, 1.807) is 10.3 Å². The van der Waals surface area contributed by atoms with Crippen LogP contribution < -0.4 is 0 Å². The Morgan fingerprint density at radius 3 is 2.85 bits per heavy atom. The lowest BCUT2D eigenvalue weighted by Gasteiger charge is -2.11. The Balaban J connectivity index is 1.85. The van der Waals surface area contributed by atoms with Gasteiger partial charge in [0.1, 0.15) is 5.69 Å². The standard InChI is InChI=1S/C14H15N5S/c1-10(2)12-6-4-3-5-11(12)7-19-17-14(16-18-19)13-8-20-9-15-13/h3-6,8-10H,7H2,1-2H3. The van der Waals surface area contributed by atoms with E-state index in [2.05, 4.69) is 52.4 Å². The Bertz CT molecular complexity index is 687. The fraction of sp³-hybridized carbons (Fsp3) is 0.286. The molecule has 1 aromatic carbocycles. The van der Waals surface area contributed by atoms with Crippen LogP contribution >= 0.6 is 11.3 Å². The minimum atomic E-state index is 0.479. The SMILES string of the molecule is CC(C)c1ccccc1Cn1nnc(-c2cscn2)n1. The number of rotatable bonds is 4. The highest BCUT2D eigenvalue weighted by molar-refractivity contribution is 7.07. The highest BCUT2D eigenvalue weighted by Gasteiger charge is 2.10. The largest absolute Gasteiger partial charge is 0.241 e. The topological polar surface area (TPSA) is 56.5 Å². The molecule has 0 saturated heterocycles. The molecule has 3 rings (SSSR count). The average Bonchev–Trinajstić information content (AvgIpc) is 3.09. The maximum absolute atomic E-state index is 4.39. The Morgan fingerprint density at radius 1 is 1.25 bits per heavy atom. The Morgan fingerprint density at radius 2 is 2.10 bits per heavy atom. The van der Waals surface area contributed by atoms with Gasteiger partial charge in [-0.2, -0.15) is 4.80 Å². The lowest BCUT2D eigenvalue weighted by Crippen LogP contribution is -2.07. The molecule has 2 aromatic heterocycles. The van der Waals surface area contributed by atoms with Crippen molar-refractivity contribution in [1.82, 2.24) is 25.2 Å². The van der Waals surface area contributed by atoms with E-state index in [0.29, 0.717) is 18.3 Å². The van der Waals surface area contributed by atoms with E-state index >= 15 is 0 Å². The fourth-order valence-electron chi connectivity index (χ4n) is 2.13. The molecule has 0 saturated carbocycles. The molecule has 3 aromatic rings. The van der Waals surface area contributed by atoms with Gasteiger partial charge < -0.3 is 0 Å². The van der Waals surface area contributed by atoms with Crippen molar-refractivity contribution in [3.8, 4) is 11.5 Å². The van der Waals surface area contributed by atoms with Crippen LogP contribution in [-0.4, -0.2) is 25.2 Å². The zero-order valence-electron chi connectivity index (χ0n) is 11.4. The fourth-order valence-corrected chi connectivity index (χ4v) is 2.66. The molecule has 0 aliphatic heterocycles. The predicted molar refractivity (Wildman–Crippen MR) is 78.6 cm³/mol. The molecule has 0 N–H and O–H groups in total. The molecule has 6 heteroatoms. The maximum Gasteiger partial charge on any atom is 0.224 e. The molecule has 0 fully saturated rings. The van der Waals surface area contributed by atoms with E-state index in [1.165, 1.54) is 22.5 Å². The van der Waals surface area contributed by atoms with Crippen molar-refractivity contribution >= 4 is 11.3 Å². The van der Waals surface area contributed by atoms with E-state index in [-0.39, 0.29) is 0 Å². The van der Waals surface area contributed by atoms with Gasteiger partial charge in [0.2, 0.25) is 5.82 Å². The van der Waals surface area contributed by atoms with Crippen LogP contribution in [0.5, 0.6) is 0 Å². The first-order chi connectivity index (χ1) is 9.74. The van der Waals surface area contributed by atoms with Crippen molar-refractivity contribution in [3.63, 3.8) is 0 Å². The van der Waals surface area contributed by atoms with Crippen molar-refractivity contribution in [1.29, 1.82) is 0 Å². The summed E-state index contributed by atoms with van der Waals surface area (Å²) >= 11 is 1.53. The lowest BCUT2D eigenvalue weighted by molar-refractivity contribution is 0.568. The van der Waals surface area contributed by atoms with E-state index < -0.39 is 0 Å². The van der Waals surface area contributed by atoms with Crippen LogP contribution in [0.1, 0.15) is 30.9 Å². The summed E-state index contributed by atoms with van der Waals surface area (Å²) in [5, 5.41) is 14.5. The molecule has 0 aliphatic carbocycles. The molecule has 20 heavy (non-hydrogen) atoms. The van der Waals surface area contributed by atoms with Gasteiger partial charge in [0, 0.05) is 5.38 Å². The number of hydrogen-bond donors (Lipinski definition) is 0. The van der Waals surface area contributed by atoms with Gasteiger partial charge in [0.15, 0.2) is 0 Å². The summed E-state index contributed by atoms with van der Waals surface area (Å²) in [5.41, 5.74) is 5.09. The zero-order chi connectivity index (χ0) is 13.9. The third kappa shape index (κ3) is 2.60. The van der Waals surface area contributed by atoms with Crippen molar-refractivity contribution < 1.29 is 0 Å². The molecule has 102 valence electrons. The summed E-state index contributed by atoms with van der Waals surface area (Å²) in [4.78, 5) is 5.81. The zero-order valence-corrected chi connectivity index (χ0v) is 12.2. The first-order valence-electron chi connectivity index (χ1n) is 6.48. The van der Waals surface area contributed by atoms with E-state index in [4.69, 9.17) is 0 Å². The molecular formula is C14H15N5S. The Labute approximate surface area is 121 Å². The Hall–Kier alpha value is -2.08. The molecule has 0 aliphatic rings. The highest BCUT2D eigenvalue weighted by Crippen LogP contribution is 2.20. The smallest absolute Gasteiger partial charge is 0.224 e. The van der Waals surface area contributed by atoms with Crippen LogP contribution in [0.25, 0.3) is 11.5 Å². The predicted octanol–water partition coefficient (Wildman–Crippen LogP) is 2.97. The molecule has 0 bridgehead atoms. The molecule has 2 heterocycles. The molecule has 5 nitrogen and oxygen atoms in total. The van der Waals surface area contributed by atoms with Gasteiger partial charge in [-0.05, 0) is 22.3 Å². The van der Waals surface area contributed by atoms with E-state index in [0.717, 1.165) is 5.69 Å². The number of aromatic nitrogens is 5. The van der Waals surface area contributed by atoms with Gasteiger partial charge in [-0.25, -0.2) is 4.98 Å². The number of benzene rings is 1. The third-order valence-corrected chi connectivity index (χ3v) is 3.69.